The number of aryl methyl sites for hydroxylation is 1. The van der Waals surface area contributed by atoms with Crippen LogP contribution in [-0.4, -0.2) is 40.9 Å². The van der Waals surface area contributed by atoms with Crippen molar-refractivity contribution < 1.29 is 9.18 Å². The summed E-state index contributed by atoms with van der Waals surface area (Å²) in [5.41, 5.74) is 1.88. The van der Waals surface area contributed by atoms with E-state index in [4.69, 9.17) is 0 Å². The van der Waals surface area contributed by atoms with E-state index >= 15 is 0 Å². The highest BCUT2D eigenvalue weighted by molar-refractivity contribution is 5.76. The van der Waals surface area contributed by atoms with Gasteiger partial charge in [-0.1, -0.05) is 12.1 Å². The van der Waals surface area contributed by atoms with Gasteiger partial charge in [0.05, 0.1) is 18.4 Å². The summed E-state index contributed by atoms with van der Waals surface area (Å²) in [6, 6.07) is 6.25. The average molecular weight is 330 g/mol. The summed E-state index contributed by atoms with van der Waals surface area (Å²) in [5.74, 6) is 1.19. The molecule has 1 aliphatic rings. The molecule has 0 radical (unpaired) electrons. The molecule has 1 aromatic carbocycles. The number of halogens is 1. The van der Waals surface area contributed by atoms with Crippen LogP contribution in [-0.2, 0) is 17.8 Å². The van der Waals surface area contributed by atoms with E-state index in [2.05, 4.69) is 27.2 Å². The molecule has 0 aliphatic carbocycles. The number of hydrogen-bond donors (Lipinski definition) is 2. The predicted octanol–water partition coefficient (Wildman–Crippen LogP) is 2.22. The Morgan fingerprint density at radius 3 is 2.92 bits per heavy atom. The van der Waals surface area contributed by atoms with Gasteiger partial charge in [0.2, 0.25) is 5.91 Å². The molecule has 1 atom stereocenters. The van der Waals surface area contributed by atoms with Crippen LogP contribution in [0.2, 0.25) is 0 Å². The molecule has 0 spiro atoms. The Bertz CT molecular complexity index is 683. The molecule has 1 saturated heterocycles. The number of likely N-dealkylation sites (tertiary alicyclic amines) is 1. The maximum atomic E-state index is 12.8. The number of aromatic nitrogens is 2. The number of likely N-dealkylation sites (N-methyl/N-ethyl adjacent to an activating group) is 1. The molecular formula is C18H23FN4O. The second-order valence-corrected chi connectivity index (χ2v) is 6.44. The zero-order chi connectivity index (χ0) is 16.9. The van der Waals surface area contributed by atoms with Crippen molar-refractivity contribution >= 4 is 5.91 Å². The van der Waals surface area contributed by atoms with Crippen LogP contribution in [0.1, 0.15) is 35.8 Å². The lowest BCUT2D eigenvalue weighted by atomic mass is 10.1. The van der Waals surface area contributed by atoms with Gasteiger partial charge in [0, 0.05) is 18.9 Å². The van der Waals surface area contributed by atoms with Crippen molar-refractivity contribution in [1.29, 1.82) is 0 Å². The van der Waals surface area contributed by atoms with Crippen LogP contribution in [0.25, 0.3) is 0 Å². The van der Waals surface area contributed by atoms with Gasteiger partial charge in [-0.25, -0.2) is 9.37 Å². The number of nitrogens with one attached hydrogen (secondary N) is 2. The molecule has 1 aromatic heterocycles. The van der Waals surface area contributed by atoms with Crippen LogP contribution < -0.4 is 5.32 Å². The number of carbonyl (C=O) groups is 1. The highest BCUT2D eigenvalue weighted by Gasteiger charge is 2.23. The third-order valence-electron chi connectivity index (χ3n) is 4.46. The zero-order valence-electron chi connectivity index (χ0n) is 13.9. The molecule has 1 amide bonds. The van der Waals surface area contributed by atoms with Crippen molar-refractivity contribution in [2.24, 2.45) is 0 Å². The van der Waals surface area contributed by atoms with Crippen molar-refractivity contribution in [3.8, 4) is 0 Å². The minimum absolute atomic E-state index is 0.0175. The molecule has 2 N–H and O–H groups in total. The van der Waals surface area contributed by atoms with Crippen LogP contribution in [0.3, 0.4) is 0 Å². The van der Waals surface area contributed by atoms with Gasteiger partial charge in [-0.2, -0.15) is 0 Å². The quantitative estimate of drug-likeness (QED) is 0.854. The van der Waals surface area contributed by atoms with Crippen molar-refractivity contribution in [2.45, 2.75) is 31.7 Å². The van der Waals surface area contributed by atoms with Crippen LogP contribution in [0.4, 0.5) is 4.39 Å². The third kappa shape index (κ3) is 4.41. The lowest BCUT2D eigenvalue weighted by Gasteiger charge is -2.07. The fourth-order valence-electron chi connectivity index (χ4n) is 3.02. The maximum absolute atomic E-state index is 12.8. The van der Waals surface area contributed by atoms with Crippen molar-refractivity contribution in [1.82, 2.24) is 20.2 Å². The molecule has 3 rings (SSSR count). The Kier molecular flexibility index (Phi) is 5.25. The number of nitrogens with zero attached hydrogens (tertiary/aromatic N) is 2. The molecule has 1 unspecified atom stereocenters. The number of H-pyrrole nitrogens is 1. The molecule has 2 heterocycles. The van der Waals surface area contributed by atoms with Crippen molar-refractivity contribution in [3.05, 3.63) is 53.4 Å². The molecule has 0 bridgehead atoms. The van der Waals surface area contributed by atoms with E-state index in [0.29, 0.717) is 25.3 Å². The molecule has 1 aliphatic heterocycles. The fourth-order valence-corrected chi connectivity index (χ4v) is 3.02. The number of aromatic amines is 1. The van der Waals surface area contributed by atoms with Gasteiger partial charge in [0.1, 0.15) is 11.6 Å². The van der Waals surface area contributed by atoms with Gasteiger partial charge < -0.3 is 15.2 Å². The summed E-state index contributed by atoms with van der Waals surface area (Å²) in [4.78, 5) is 22.0. The number of carbonyl (C=O) groups excluding carboxylic acids is 1. The van der Waals surface area contributed by atoms with Crippen LogP contribution in [0, 0.1) is 5.82 Å². The molecular weight excluding hydrogens is 307 g/mol. The van der Waals surface area contributed by atoms with E-state index in [1.807, 2.05) is 0 Å². The summed E-state index contributed by atoms with van der Waals surface area (Å²) >= 11 is 0. The Morgan fingerprint density at radius 2 is 2.21 bits per heavy atom. The molecule has 128 valence electrons. The van der Waals surface area contributed by atoms with E-state index < -0.39 is 0 Å². The number of amides is 1. The number of imidazole rings is 1. The van der Waals surface area contributed by atoms with Gasteiger partial charge in [-0.05, 0) is 44.1 Å². The topological polar surface area (TPSA) is 61.0 Å². The molecule has 1 fully saturated rings. The lowest BCUT2D eigenvalue weighted by Crippen LogP contribution is -2.23. The SMILES string of the molecule is CN1CCC(c2ncc(CNC(=O)CCc3ccc(F)cc3)[nH]2)C1. The van der Waals surface area contributed by atoms with Gasteiger partial charge >= 0.3 is 0 Å². The first kappa shape index (κ1) is 16.6. The zero-order valence-corrected chi connectivity index (χ0v) is 13.9. The Morgan fingerprint density at radius 1 is 1.42 bits per heavy atom. The Hall–Kier alpha value is -2.21. The highest BCUT2D eigenvalue weighted by atomic mass is 19.1. The number of rotatable bonds is 6. The van der Waals surface area contributed by atoms with Gasteiger partial charge in [-0.15, -0.1) is 0 Å². The van der Waals surface area contributed by atoms with Gasteiger partial charge in [0.15, 0.2) is 0 Å². The summed E-state index contributed by atoms with van der Waals surface area (Å²) in [6.45, 7) is 2.58. The van der Waals surface area contributed by atoms with Gasteiger partial charge in [0.25, 0.3) is 0 Å². The summed E-state index contributed by atoms with van der Waals surface area (Å²) in [7, 11) is 2.12. The number of hydrogen-bond acceptors (Lipinski definition) is 3. The molecule has 24 heavy (non-hydrogen) atoms. The van der Waals surface area contributed by atoms with E-state index in [9.17, 15) is 9.18 Å². The predicted molar refractivity (Wildman–Crippen MR) is 90.0 cm³/mol. The average Bonchev–Trinajstić information content (AvgIpc) is 3.21. The fraction of sp³-hybridized carbons (Fsp3) is 0.444. The van der Waals surface area contributed by atoms with Crippen molar-refractivity contribution in [3.63, 3.8) is 0 Å². The van der Waals surface area contributed by atoms with E-state index in [-0.39, 0.29) is 11.7 Å². The van der Waals surface area contributed by atoms with E-state index in [1.165, 1.54) is 12.1 Å². The highest BCUT2D eigenvalue weighted by Crippen LogP contribution is 2.23. The minimum atomic E-state index is -0.258. The molecule has 6 heteroatoms. The maximum Gasteiger partial charge on any atom is 0.220 e. The van der Waals surface area contributed by atoms with E-state index in [1.54, 1.807) is 18.3 Å². The first-order valence-electron chi connectivity index (χ1n) is 8.33. The summed E-state index contributed by atoms with van der Waals surface area (Å²) < 4.78 is 12.8. The third-order valence-corrected chi connectivity index (χ3v) is 4.46. The largest absolute Gasteiger partial charge is 0.350 e. The number of benzene rings is 1. The van der Waals surface area contributed by atoms with Gasteiger partial charge in [-0.3, -0.25) is 4.79 Å². The monoisotopic (exact) mass is 330 g/mol. The Labute approximate surface area is 141 Å². The van der Waals surface area contributed by atoms with Crippen LogP contribution in [0.15, 0.2) is 30.5 Å². The first-order chi connectivity index (χ1) is 11.6. The van der Waals surface area contributed by atoms with Crippen molar-refractivity contribution in [2.75, 3.05) is 20.1 Å². The smallest absolute Gasteiger partial charge is 0.220 e. The standard InChI is InChI=1S/C18H23FN4O/c1-23-9-8-14(12-23)18-21-11-16(22-18)10-20-17(24)7-4-13-2-5-15(19)6-3-13/h2-3,5-6,11,14H,4,7-10,12H2,1H3,(H,20,24)(H,21,22). The second-order valence-electron chi connectivity index (χ2n) is 6.44. The normalized spacial score (nSPS) is 18.0. The molecule has 5 nitrogen and oxygen atoms in total. The second kappa shape index (κ2) is 7.57. The minimum Gasteiger partial charge on any atom is -0.350 e. The van der Waals surface area contributed by atoms with Crippen LogP contribution in [0.5, 0.6) is 0 Å². The lowest BCUT2D eigenvalue weighted by molar-refractivity contribution is -0.121. The molecule has 0 saturated carbocycles. The summed E-state index contributed by atoms with van der Waals surface area (Å²) in [5, 5.41) is 2.90. The summed E-state index contributed by atoms with van der Waals surface area (Å²) in [6.07, 6.45) is 3.91. The Balaban J connectivity index is 1.43. The van der Waals surface area contributed by atoms with E-state index in [0.717, 1.165) is 36.6 Å². The molecule has 2 aromatic rings. The van der Waals surface area contributed by atoms with Crippen LogP contribution >= 0.6 is 0 Å². The first-order valence-corrected chi connectivity index (χ1v) is 8.33.